The third-order valence-corrected chi connectivity index (χ3v) is 5.15. The first kappa shape index (κ1) is 14.6. The maximum Gasteiger partial charge on any atom is 0.144 e. The van der Waals surface area contributed by atoms with Crippen LogP contribution in [0.4, 0.5) is 0 Å². The Hall–Kier alpha value is -1.35. The first-order valence-corrected chi connectivity index (χ1v) is 8.02. The number of rotatable bonds is 4. The molecule has 3 nitrogen and oxygen atoms in total. The molecule has 2 fully saturated rings. The highest BCUT2D eigenvalue weighted by Gasteiger charge is 2.54. The fourth-order valence-corrected chi connectivity index (χ4v) is 3.71. The minimum atomic E-state index is -0.150. The molecule has 0 N–H and O–H groups in total. The summed E-state index contributed by atoms with van der Waals surface area (Å²) in [7, 11) is 1.67. The van der Waals surface area contributed by atoms with Crippen LogP contribution in [0.1, 0.15) is 50.5 Å². The summed E-state index contributed by atoms with van der Waals surface area (Å²) in [6, 6.07) is 7.95. The van der Waals surface area contributed by atoms with E-state index >= 15 is 0 Å². The lowest BCUT2D eigenvalue weighted by atomic mass is 9.60. The number of methoxy groups -OCH3 is 1. The predicted octanol–water partition coefficient (Wildman–Crippen LogP) is 3.89. The van der Waals surface area contributed by atoms with Crippen molar-refractivity contribution >= 4 is 5.78 Å². The molecular formula is C18H24O3. The molecule has 0 saturated heterocycles. The third kappa shape index (κ3) is 2.84. The summed E-state index contributed by atoms with van der Waals surface area (Å²) >= 11 is 0. The molecule has 3 heteroatoms. The van der Waals surface area contributed by atoms with Crippen LogP contribution < -0.4 is 4.74 Å². The van der Waals surface area contributed by atoms with Gasteiger partial charge in [-0.15, -0.1) is 0 Å². The van der Waals surface area contributed by atoms with E-state index in [1.165, 1.54) is 25.7 Å². The molecule has 1 aromatic rings. The molecule has 21 heavy (non-hydrogen) atoms. The second-order valence-corrected chi connectivity index (χ2v) is 6.35. The fourth-order valence-electron chi connectivity index (χ4n) is 3.71. The summed E-state index contributed by atoms with van der Waals surface area (Å²) in [6.45, 7) is 0.587. The van der Waals surface area contributed by atoms with Crippen molar-refractivity contribution in [2.45, 2.75) is 57.7 Å². The van der Waals surface area contributed by atoms with Crippen LogP contribution in [0.25, 0.3) is 0 Å². The molecule has 1 atom stereocenters. The smallest absolute Gasteiger partial charge is 0.144 e. The van der Waals surface area contributed by atoms with E-state index in [4.69, 9.17) is 9.47 Å². The lowest BCUT2D eigenvalue weighted by molar-refractivity contribution is -0.168. The summed E-state index contributed by atoms with van der Waals surface area (Å²) in [6.07, 6.45) is 7.67. The van der Waals surface area contributed by atoms with Crippen LogP contribution in [0, 0.1) is 5.41 Å². The van der Waals surface area contributed by atoms with Crippen LogP contribution in [-0.2, 0) is 16.1 Å². The molecule has 2 aliphatic carbocycles. The number of hydrogen-bond acceptors (Lipinski definition) is 3. The number of carbonyl (C=O) groups excluding carboxylic acids is 1. The van der Waals surface area contributed by atoms with E-state index < -0.39 is 0 Å². The maximum absolute atomic E-state index is 12.2. The monoisotopic (exact) mass is 288 g/mol. The molecule has 2 saturated carbocycles. The molecule has 0 heterocycles. The Morgan fingerprint density at radius 1 is 1.10 bits per heavy atom. The van der Waals surface area contributed by atoms with Crippen LogP contribution in [0.2, 0.25) is 0 Å². The lowest BCUT2D eigenvalue weighted by Crippen LogP contribution is -2.55. The van der Waals surface area contributed by atoms with E-state index in [0.29, 0.717) is 18.8 Å². The molecule has 1 aromatic carbocycles. The molecule has 2 aliphatic rings. The highest BCUT2D eigenvalue weighted by atomic mass is 16.5. The van der Waals surface area contributed by atoms with Gasteiger partial charge in [0.2, 0.25) is 0 Å². The van der Waals surface area contributed by atoms with Crippen LogP contribution in [0.15, 0.2) is 24.3 Å². The summed E-state index contributed by atoms with van der Waals surface area (Å²) in [4.78, 5) is 12.2. The molecule has 0 bridgehead atoms. The van der Waals surface area contributed by atoms with Gasteiger partial charge in [0.1, 0.15) is 11.5 Å². The Morgan fingerprint density at radius 3 is 2.33 bits per heavy atom. The van der Waals surface area contributed by atoms with E-state index in [9.17, 15) is 4.79 Å². The molecule has 0 radical (unpaired) electrons. The van der Waals surface area contributed by atoms with E-state index in [2.05, 4.69) is 0 Å². The Kier molecular flexibility index (Phi) is 4.29. The predicted molar refractivity (Wildman–Crippen MR) is 81.3 cm³/mol. The topological polar surface area (TPSA) is 35.5 Å². The minimum Gasteiger partial charge on any atom is -0.497 e. The normalized spacial score (nSPS) is 24.4. The van der Waals surface area contributed by atoms with Gasteiger partial charge in [0, 0.05) is 6.42 Å². The maximum atomic E-state index is 12.2. The second-order valence-electron chi connectivity index (χ2n) is 6.35. The van der Waals surface area contributed by atoms with Gasteiger partial charge >= 0.3 is 0 Å². The van der Waals surface area contributed by atoms with Gasteiger partial charge in [-0.1, -0.05) is 37.8 Å². The molecule has 114 valence electrons. The molecular weight excluding hydrogens is 264 g/mol. The molecule has 1 unspecified atom stereocenters. The standard InChI is InChI=1S/C18H24O3/c1-20-15-8-6-14(7-9-15)13-21-17-12-16(19)18(17)10-4-2-3-5-11-18/h6-9,17H,2-5,10-13H2,1H3. The van der Waals surface area contributed by atoms with Crippen molar-refractivity contribution in [1.29, 1.82) is 0 Å². The summed E-state index contributed by atoms with van der Waals surface area (Å²) in [5.74, 6) is 1.29. The van der Waals surface area contributed by atoms with Gasteiger partial charge < -0.3 is 9.47 Å². The van der Waals surface area contributed by atoms with Gasteiger partial charge in [-0.25, -0.2) is 0 Å². The Labute approximate surface area is 126 Å². The van der Waals surface area contributed by atoms with Crippen LogP contribution in [-0.4, -0.2) is 19.0 Å². The van der Waals surface area contributed by atoms with Crippen molar-refractivity contribution in [3.05, 3.63) is 29.8 Å². The van der Waals surface area contributed by atoms with Crippen molar-refractivity contribution in [3.8, 4) is 5.75 Å². The molecule has 0 amide bonds. The van der Waals surface area contributed by atoms with Crippen molar-refractivity contribution in [1.82, 2.24) is 0 Å². The van der Waals surface area contributed by atoms with Crippen molar-refractivity contribution in [3.63, 3.8) is 0 Å². The van der Waals surface area contributed by atoms with E-state index in [1.807, 2.05) is 24.3 Å². The van der Waals surface area contributed by atoms with Gasteiger partial charge in [-0.3, -0.25) is 4.79 Å². The number of ketones is 1. The van der Waals surface area contributed by atoms with Gasteiger partial charge in [-0.05, 0) is 30.5 Å². The van der Waals surface area contributed by atoms with Crippen LogP contribution in [0.3, 0.4) is 0 Å². The zero-order chi connectivity index (χ0) is 14.7. The van der Waals surface area contributed by atoms with Gasteiger partial charge in [-0.2, -0.15) is 0 Å². The Balaban J connectivity index is 1.60. The van der Waals surface area contributed by atoms with Crippen molar-refractivity contribution in [2.24, 2.45) is 5.41 Å². The number of carbonyl (C=O) groups is 1. The first-order chi connectivity index (χ1) is 10.2. The van der Waals surface area contributed by atoms with Crippen molar-refractivity contribution in [2.75, 3.05) is 7.11 Å². The Morgan fingerprint density at radius 2 is 1.76 bits per heavy atom. The van der Waals surface area contributed by atoms with E-state index in [-0.39, 0.29) is 11.5 Å². The highest BCUT2D eigenvalue weighted by molar-refractivity contribution is 5.92. The summed E-state index contributed by atoms with van der Waals surface area (Å²) < 4.78 is 11.3. The highest BCUT2D eigenvalue weighted by Crippen LogP contribution is 2.49. The van der Waals surface area contributed by atoms with Crippen LogP contribution >= 0.6 is 0 Å². The van der Waals surface area contributed by atoms with E-state index in [1.54, 1.807) is 7.11 Å². The molecule has 0 aliphatic heterocycles. The SMILES string of the molecule is COc1ccc(COC2CC(=O)C23CCCCCC3)cc1. The summed E-state index contributed by atoms with van der Waals surface area (Å²) in [5, 5.41) is 0. The number of ether oxygens (including phenoxy) is 2. The molecule has 3 rings (SSSR count). The minimum absolute atomic E-state index is 0.130. The van der Waals surface area contributed by atoms with Gasteiger partial charge in [0.25, 0.3) is 0 Å². The second kappa shape index (κ2) is 6.18. The Bertz CT molecular complexity index is 484. The van der Waals surface area contributed by atoms with Gasteiger partial charge in [0.15, 0.2) is 0 Å². The average molecular weight is 288 g/mol. The number of hydrogen-bond donors (Lipinski definition) is 0. The molecule has 0 aromatic heterocycles. The zero-order valence-corrected chi connectivity index (χ0v) is 12.8. The average Bonchev–Trinajstić information content (AvgIpc) is 2.80. The summed E-state index contributed by atoms with van der Waals surface area (Å²) in [5.41, 5.74) is 0.988. The number of benzene rings is 1. The quantitative estimate of drug-likeness (QED) is 0.843. The zero-order valence-electron chi connectivity index (χ0n) is 12.8. The van der Waals surface area contributed by atoms with Gasteiger partial charge in [0.05, 0.1) is 25.2 Å². The lowest BCUT2D eigenvalue weighted by Gasteiger charge is -2.47. The first-order valence-electron chi connectivity index (χ1n) is 8.02. The fraction of sp³-hybridized carbons (Fsp3) is 0.611. The largest absolute Gasteiger partial charge is 0.497 e. The number of Topliss-reactive ketones (excluding diaryl/α,β-unsaturated/α-hetero) is 1. The molecule has 1 spiro atoms. The van der Waals surface area contributed by atoms with E-state index in [0.717, 1.165) is 24.2 Å². The van der Waals surface area contributed by atoms with Crippen LogP contribution in [0.5, 0.6) is 5.75 Å². The third-order valence-electron chi connectivity index (χ3n) is 5.15. The van der Waals surface area contributed by atoms with Crippen molar-refractivity contribution < 1.29 is 14.3 Å².